The van der Waals surface area contributed by atoms with E-state index < -0.39 is 8.07 Å². The molecule has 1 nitrogen and oxygen atoms in total. The predicted molar refractivity (Wildman–Crippen MR) is 83.3 cm³/mol. The Kier molecular flexibility index (Phi) is 3.45. The van der Waals surface area contributed by atoms with Gasteiger partial charge in [-0.05, 0) is 35.6 Å². The van der Waals surface area contributed by atoms with Gasteiger partial charge in [-0.2, -0.15) is 0 Å². The molecule has 0 fully saturated rings. The molecule has 0 aliphatic heterocycles. The lowest BCUT2D eigenvalue weighted by Crippen LogP contribution is -2.27. The molecule has 0 amide bonds. The van der Waals surface area contributed by atoms with Crippen molar-refractivity contribution in [2.45, 2.75) is 51.7 Å². The molecule has 0 heterocycles. The zero-order valence-electron chi connectivity index (χ0n) is 12.6. The summed E-state index contributed by atoms with van der Waals surface area (Å²) in [4.78, 5) is 12.0. The standard InChI is InChI=1S/C17H22OSi/c1-17(2)10-8-16(18)14-7-6-13(12-15(14)17)9-11-19(3,4)5/h6-7,12H,8,10H2,1-5H3. The van der Waals surface area contributed by atoms with E-state index in [4.69, 9.17) is 0 Å². The van der Waals surface area contributed by atoms with Crippen molar-refractivity contribution in [1.82, 2.24) is 0 Å². The summed E-state index contributed by atoms with van der Waals surface area (Å²) in [5, 5.41) is 0. The van der Waals surface area contributed by atoms with Crippen LogP contribution in [0, 0.1) is 11.5 Å². The highest BCUT2D eigenvalue weighted by Crippen LogP contribution is 2.36. The zero-order chi connectivity index (χ0) is 14.3. The lowest BCUT2D eigenvalue weighted by Gasteiger charge is -2.31. The van der Waals surface area contributed by atoms with Gasteiger partial charge in [0.25, 0.3) is 0 Å². The van der Waals surface area contributed by atoms with Gasteiger partial charge >= 0.3 is 0 Å². The van der Waals surface area contributed by atoms with Crippen LogP contribution in [0.4, 0.5) is 0 Å². The molecule has 0 bridgehead atoms. The summed E-state index contributed by atoms with van der Waals surface area (Å²) in [6, 6.07) is 6.08. The molecule has 1 aromatic carbocycles. The van der Waals surface area contributed by atoms with Gasteiger partial charge in [-0.25, -0.2) is 0 Å². The average molecular weight is 270 g/mol. The van der Waals surface area contributed by atoms with Crippen molar-refractivity contribution in [2.24, 2.45) is 0 Å². The summed E-state index contributed by atoms with van der Waals surface area (Å²) in [6.45, 7) is 11.2. The fraction of sp³-hybridized carbons (Fsp3) is 0.471. The lowest BCUT2D eigenvalue weighted by atomic mass is 9.72. The molecule has 1 aromatic rings. The van der Waals surface area contributed by atoms with Crippen LogP contribution in [0.15, 0.2) is 18.2 Å². The SMILES string of the molecule is CC1(C)CCC(=O)c2ccc(C#C[Si](C)(C)C)cc21. The van der Waals surface area contributed by atoms with Crippen LogP contribution >= 0.6 is 0 Å². The molecule has 0 aromatic heterocycles. The number of carbonyl (C=O) groups excluding carboxylic acids is 1. The average Bonchev–Trinajstić information content (AvgIpc) is 2.31. The number of rotatable bonds is 0. The Morgan fingerprint density at radius 1 is 1.21 bits per heavy atom. The topological polar surface area (TPSA) is 17.1 Å². The summed E-state index contributed by atoms with van der Waals surface area (Å²) in [5.74, 6) is 3.56. The fourth-order valence-electron chi connectivity index (χ4n) is 2.38. The molecular weight excluding hydrogens is 248 g/mol. The summed E-state index contributed by atoms with van der Waals surface area (Å²) < 4.78 is 0. The van der Waals surface area contributed by atoms with E-state index in [1.165, 1.54) is 5.56 Å². The van der Waals surface area contributed by atoms with Crippen LogP contribution in [-0.4, -0.2) is 13.9 Å². The van der Waals surface area contributed by atoms with Crippen LogP contribution in [0.2, 0.25) is 19.6 Å². The number of benzene rings is 1. The maximum atomic E-state index is 12.0. The quantitative estimate of drug-likeness (QED) is 0.511. The molecule has 19 heavy (non-hydrogen) atoms. The highest BCUT2D eigenvalue weighted by molar-refractivity contribution is 6.83. The number of hydrogen-bond acceptors (Lipinski definition) is 1. The van der Waals surface area contributed by atoms with Gasteiger partial charge in [0.05, 0.1) is 0 Å². The minimum atomic E-state index is -1.35. The highest BCUT2D eigenvalue weighted by Gasteiger charge is 2.31. The second-order valence-electron chi connectivity index (χ2n) is 7.07. The molecule has 0 saturated heterocycles. The number of carbonyl (C=O) groups is 1. The second-order valence-corrected chi connectivity index (χ2v) is 11.8. The molecule has 2 rings (SSSR count). The molecule has 0 atom stereocenters. The molecular formula is C17H22OSi. The van der Waals surface area contributed by atoms with Crippen molar-refractivity contribution in [2.75, 3.05) is 0 Å². The third-order valence-electron chi connectivity index (χ3n) is 3.61. The van der Waals surface area contributed by atoms with Gasteiger partial charge in [-0.1, -0.05) is 39.4 Å². The minimum Gasteiger partial charge on any atom is -0.294 e. The predicted octanol–water partition coefficient (Wildman–Crippen LogP) is 4.17. The first-order valence-corrected chi connectivity index (χ1v) is 10.4. The number of Topliss-reactive ketones (excluding diaryl/α,β-unsaturated/α-hetero) is 1. The van der Waals surface area contributed by atoms with Crippen LogP contribution in [0.1, 0.15) is 48.2 Å². The number of ketones is 1. The van der Waals surface area contributed by atoms with E-state index in [2.05, 4.69) is 51.0 Å². The van der Waals surface area contributed by atoms with Crippen molar-refractivity contribution in [3.05, 3.63) is 34.9 Å². The Labute approximate surface area is 117 Å². The Morgan fingerprint density at radius 2 is 1.89 bits per heavy atom. The van der Waals surface area contributed by atoms with Crippen LogP contribution in [0.3, 0.4) is 0 Å². The molecule has 0 spiro atoms. The first kappa shape index (κ1) is 14.1. The number of hydrogen-bond donors (Lipinski definition) is 0. The van der Waals surface area contributed by atoms with E-state index in [9.17, 15) is 4.79 Å². The van der Waals surface area contributed by atoms with Gasteiger partial charge in [0, 0.05) is 17.5 Å². The summed E-state index contributed by atoms with van der Waals surface area (Å²) in [7, 11) is -1.35. The van der Waals surface area contributed by atoms with E-state index in [1.807, 2.05) is 12.1 Å². The molecule has 0 unspecified atom stereocenters. The van der Waals surface area contributed by atoms with Crippen molar-refractivity contribution in [1.29, 1.82) is 0 Å². The molecule has 0 N–H and O–H groups in total. The number of fused-ring (bicyclic) bond motifs is 1. The monoisotopic (exact) mass is 270 g/mol. The maximum Gasteiger partial charge on any atom is 0.163 e. The fourth-order valence-corrected chi connectivity index (χ4v) is 2.90. The van der Waals surface area contributed by atoms with E-state index in [-0.39, 0.29) is 11.2 Å². The van der Waals surface area contributed by atoms with Crippen molar-refractivity contribution < 1.29 is 4.79 Å². The normalized spacial score (nSPS) is 17.4. The molecule has 0 saturated carbocycles. The lowest BCUT2D eigenvalue weighted by molar-refractivity contribution is 0.0957. The van der Waals surface area contributed by atoms with Gasteiger partial charge < -0.3 is 0 Å². The Morgan fingerprint density at radius 3 is 2.53 bits per heavy atom. The van der Waals surface area contributed by atoms with Crippen molar-refractivity contribution in [3.63, 3.8) is 0 Å². The Hall–Kier alpha value is -1.33. The van der Waals surface area contributed by atoms with E-state index >= 15 is 0 Å². The van der Waals surface area contributed by atoms with Crippen LogP contribution in [0.25, 0.3) is 0 Å². The highest BCUT2D eigenvalue weighted by atomic mass is 28.3. The van der Waals surface area contributed by atoms with Crippen LogP contribution in [0.5, 0.6) is 0 Å². The summed E-state index contributed by atoms with van der Waals surface area (Å²) in [6.07, 6.45) is 1.60. The van der Waals surface area contributed by atoms with Crippen molar-refractivity contribution in [3.8, 4) is 11.5 Å². The van der Waals surface area contributed by atoms with E-state index in [0.717, 1.165) is 17.5 Å². The summed E-state index contributed by atoms with van der Waals surface area (Å²) >= 11 is 0. The molecule has 0 radical (unpaired) electrons. The first-order chi connectivity index (χ1) is 8.69. The molecule has 1 aliphatic carbocycles. The van der Waals surface area contributed by atoms with Gasteiger partial charge in [0.2, 0.25) is 0 Å². The third kappa shape index (κ3) is 3.16. The van der Waals surface area contributed by atoms with Crippen LogP contribution in [-0.2, 0) is 5.41 Å². The zero-order valence-corrected chi connectivity index (χ0v) is 13.6. The third-order valence-corrected chi connectivity index (χ3v) is 4.48. The smallest absolute Gasteiger partial charge is 0.163 e. The van der Waals surface area contributed by atoms with Gasteiger partial charge in [0.15, 0.2) is 5.78 Å². The maximum absolute atomic E-state index is 12.0. The van der Waals surface area contributed by atoms with Crippen LogP contribution < -0.4 is 0 Å². The first-order valence-electron chi connectivity index (χ1n) is 6.90. The Bertz CT molecular complexity index is 580. The largest absolute Gasteiger partial charge is 0.294 e. The Balaban J connectivity index is 2.47. The van der Waals surface area contributed by atoms with Gasteiger partial charge in [-0.15, -0.1) is 5.54 Å². The van der Waals surface area contributed by atoms with E-state index in [0.29, 0.717) is 6.42 Å². The molecule has 100 valence electrons. The van der Waals surface area contributed by atoms with E-state index in [1.54, 1.807) is 0 Å². The molecule has 1 aliphatic rings. The second kappa shape index (κ2) is 4.65. The summed E-state index contributed by atoms with van der Waals surface area (Å²) in [5.41, 5.74) is 6.59. The van der Waals surface area contributed by atoms with Gasteiger partial charge in [-0.3, -0.25) is 4.79 Å². The minimum absolute atomic E-state index is 0.0834. The molecule has 2 heteroatoms. The van der Waals surface area contributed by atoms with Gasteiger partial charge in [0.1, 0.15) is 8.07 Å². The van der Waals surface area contributed by atoms with Crippen molar-refractivity contribution >= 4 is 13.9 Å².